The van der Waals surface area contributed by atoms with Crippen molar-refractivity contribution in [2.45, 2.75) is 46.1 Å². The van der Waals surface area contributed by atoms with Crippen LogP contribution in [0.1, 0.15) is 50.0 Å². The number of thiophene rings is 1. The molecule has 21 heavy (non-hydrogen) atoms. The van der Waals surface area contributed by atoms with Crippen LogP contribution in [0.4, 0.5) is 0 Å². The number of hydrogen-bond donors (Lipinski definition) is 1. The van der Waals surface area contributed by atoms with E-state index in [0.717, 1.165) is 36.1 Å². The Kier molecular flexibility index (Phi) is 8.11. The largest absolute Gasteiger partial charge is 0.341 e. The molecule has 0 aromatic carbocycles. The van der Waals surface area contributed by atoms with Gasteiger partial charge in [0.05, 0.1) is 11.4 Å². The zero-order valence-electron chi connectivity index (χ0n) is 13.3. The first-order chi connectivity index (χ1) is 10.1. The van der Waals surface area contributed by atoms with Crippen LogP contribution in [0.3, 0.4) is 0 Å². The minimum absolute atomic E-state index is 0.157. The Balaban J connectivity index is 2.60. The Morgan fingerprint density at radius 2 is 2.24 bits per heavy atom. The van der Waals surface area contributed by atoms with Crippen molar-refractivity contribution in [1.82, 2.24) is 4.90 Å². The van der Waals surface area contributed by atoms with Gasteiger partial charge in [0.2, 0.25) is 5.91 Å². The highest BCUT2D eigenvalue weighted by Gasteiger charge is 2.20. The van der Waals surface area contributed by atoms with Crippen molar-refractivity contribution >= 4 is 17.2 Å². The van der Waals surface area contributed by atoms with Gasteiger partial charge in [-0.05, 0) is 29.9 Å². The van der Waals surface area contributed by atoms with Gasteiger partial charge >= 0.3 is 0 Å². The van der Waals surface area contributed by atoms with Gasteiger partial charge in [-0.25, -0.2) is 0 Å². The first kappa shape index (κ1) is 17.7. The van der Waals surface area contributed by atoms with Crippen molar-refractivity contribution in [1.29, 1.82) is 0 Å². The molecule has 0 bridgehead atoms. The average Bonchev–Trinajstić information content (AvgIpc) is 2.93. The zero-order valence-corrected chi connectivity index (χ0v) is 14.1. The van der Waals surface area contributed by atoms with Gasteiger partial charge in [0, 0.05) is 19.5 Å². The zero-order chi connectivity index (χ0) is 15.7. The first-order valence-corrected chi connectivity index (χ1v) is 8.51. The van der Waals surface area contributed by atoms with E-state index in [1.807, 2.05) is 18.0 Å². The van der Waals surface area contributed by atoms with Crippen LogP contribution in [0.25, 0.3) is 0 Å². The molecule has 1 heterocycles. The minimum atomic E-state index is 0.157. The van der Waals surface area contributed by atoms with Crippen molar-refractivity contribution in [2.75, 3.05) is 13.6 Å². The molecule has 0 spiro atoms. The monoisotopic (exact) mass is 306 g/mol. The number of carbonyl (C=O) groups is 1. The molecule has 1 amide bonds. The summed E-state index contributed by atoms with van der Waals surface area (Å²) in [6.07, 6.45) is 4.17. The topological polar surface area (TPSA) is 46.3 Å². The van der Waals surface area contributed by atoms with E-state index < -0.39 is 0 Å². The predicted octanol–water partition coefficient (Wildman–Crippen LogP) is 3.23. The molecule has 3 nitrogen and oxygen atoms in total. The highest BCUT2D eigenvalue weighted by molar-refractivity contribution is 7.10. The fraction of sp³-hybridized carbons (Fsp3) is 0.588. The number of nitrogens with two attached hydrogens (primary N) is 1. The van der Waals surface area contributed by atoms with E-state index in [9.17, 15) is 4.79 Å². The van der Waals surface area contributed by atoms with E-state index in [4.69, 9.17) is 5.73 Å². The molecular formula is C17H26N2OS. The second-order valence-electron chi connectivity index (χ2n) is 5.27. The van der Waals surface area contributed by atoms with Gasteiger partial charge in [0.1, 0.15) is 0 Å². The fourth-order valence-corrected chi connectivity index (χ4v) is 3.05. The van der Waals surface area contributed by atoms with Crippen LogP contribution in [-0.4, -0.2) is 24.4 Å². The van der Waals surface area contributed by atoms with Gasteiger partial charge in [0.15, 0.2) is 0 Å². The lowest BCUT2D eigenvalue weighted by Gasteiger charge is -2.22. The molecule has 1 rings (SSSR count). The molecule has 2 N–H and O–H groups in total. The summed E-state index contributed by atoms with van der Waals surface area (Å²) in [7, 11) is 1.89. The Morgan fingerprint density at radius 3 is 2.86 bits per heavy atom. The average molecular weight is 306 g/mol. The molecule has 0 aliphatic carbocycles. The molecule has 0 saturated heterocycles. The highest BCUT2D eigenvalue weighted by atomic mass is 32.1. The molecule has 1 aromatic rings. The summed E-state index contributed by atoms with van der Waals surface area (Å²) in [5.41, 5.74) is 6.51. The molecular weight excluding hydrogens is 280 g/mol. The molecule has 1 aromatic heterocycles. The van der Waals surface area contributed by atoms with Gasteiger partial charge in [-0.15, -0.1) is 11.3 Å². The number of amides is 1. The van der Waals surface area contributed by atoms with Crippen molar-refractivity contribution in [2.24, 2.45) is 11.7 Å². The fourth-order valence-electron chi connectivity index (χ4n) is 2.28. The molecule has 0 saturated carbocycles. The van der Waals surface area contributed by atoms with Crippen molar-refractivity contribution < 1.29 is 4.79 Å². The SMILES string of the molecule is CCCCC(CC)C(=O)N(C)Cc1csc(C#CCN)c1. The van der Waals surface area contributed by atoms with Crippen LogP contribution in [0, 0.1) is 17.8 Å². The number of nitrogens with zero attached hydrogens (tertiary/aromatic N) is 1. The summed E-state index contributed by atoms with van der Waals surface area (Å²) >= 11 is 1.60. The third-order valence-corrected chi connectivity index (χ3v) is 4.41. The number of carbonyl (C=O) groups excluding carboxylic acids is 1. The third kappa shape index (κ3) is 5.91. The Bertz CT molecular complexity index is 498. The maximum atomic E-state index is 12.4. The van der Waals surface area contributed by atoms with Crippen molar-refractivity contribution in [3.05, 3.63) is 21.9 Å². The number of hydrogen-bond acceptors (Lipinski definition) is 3. The summed E-state index contributed by atoms with van der Waals surface area (Å²) in [6, 6.07) is 2.05. The van der Waals surface area contributed by atoms with Crippen LogP contribution < -0.4 is 5.73 Å². The Hall–Kier alpha value is -1.31. The lowest BCUT2D eigenvalue weighted by atomic mass is 9.98. The third-order valence-electron chi connectivity index (χ3n) is 3.51. The quantitative estimate of drug-likeness (QED) is 0.786. The number of unbranched alkanes of at least 4 members (excludes halogenated alkanes) is 1. The van der Waals surface area contributed by atoms with Crippen LogP contribution >= 0.6 is 11.3 Å². The molecule has 1 unspecified atom stereocenters. The van der Waals surface area contributed by atoms with Crippen LogP contribution in [-0.2, 0) is 11.3 Å². The van der Waals surface area contributed by atoms with E-state index >= 15 is 0 Å². The van der Waals surface area contributed by atoms with Gasteiger partial charge in [-0.3, -0.25) is 4.79 Å². The molecule has 0 aliphatic heterocycles. The van der Waals surface area contributed by atoms with E-state index in [2.05, 4.69) is 31.1 Å². The normalized spacial score (nSPS) is 11.6. The van der Waals surface area contributed by atoms with Gasteiger partial charge in [-0.2, -0.15) is 0 Å². The molecule has 116 valence electrons. The van der Waals surface area contributed by atoms with Crippen LogP contribution in [0.15, 0.2) is 11.4 Å². The first-order valence-electron chi connectivity index (χ1n) is 7.63. The van der Waals surface area contributed by atoms with Crippen LogP contribution in [0.5, 0.6) is 0 Å². The smallest absolute Gasteiger partial charge is 0.225 e. The molecule has 0 aliphatic rings. The van der Waals surface area contributed by atoms with E-state index in [1.54, 1.807) is 11.3 Å². The maximum Gasteiger partial charge on any atom is 0.225 e. The second kappa shape index (κ2) is 9.59. The summed E-state index contributed by atoms with van der Waals surface area (Å²) in [6.45, 7) is 5.29. The summed E-state index contributed by atoms with van der Waals surface area (Å²) in [4.78, 5) is 15.3. The summed E-state index contributed by atoms with van der Waals surface area (Å²) < 4.78 is 0. The summed E-state index contributed by atoms with van der Waals surface area (Å²) in [5, 5.41) is 2.07. The molecule has 4 heteroatoms. The molecule has 0 fully saturated rings. The van der Waals surface area contributed by atoms with Gasteiger partial charge in [0.25, 0.3) is 0 Å². The van der Waals surface area contributed by atoms with Crippen molar-refractivity contribution in [3.8, 4) is 11.8 Å². The lowest BCUT2D eigenvalue weighted by molar-refractivity contribution is -0.135. The van der Waals surface area contributed by atoms with E-state index in [-0.39, 0.29) is 11.8 Å². The lowest BCUT2D eigenvalue weighted by Crippen LogP contribution is -2.32. The van der Waals surface area contributed by atoms with Crippen LogP contribution in [0.2, 0.25) is 0 Å². The van der Waals surface area contributed by atoms with Gasteiger partial charge in [-0.1, -0.05) is 38.5 Å². The van der Waals surface area contributed by atoms with Gasteiger partial charge < -0.3 is 10.6 Å². The second-order valence-corrected chi connectivity index (χ2v) is 6.18. The standard InChI is InChI=1S/C17H26N2OS/c1-4-6-8-15(5-2)17(20)19(3)12-14-11-16(21-13-14)9-7-10-18/h11,13,15H,4-6,8,10,12,18H2,1-3H3. The Labute approximate surface area is 132 Å². The molecule has 1 atom stereocenters. The van der Waals surface area contributed by atoms with Crippen molar-refractivity contribution in [3.63, 3.8) is 0 Å². The molecule has 0 radical (unpaired) electrons. The van der Waals surface area contributed by atoms with E-state index in [1.165, 1.54) is 0 Å². The number of rotatable bonds is 7. The summed E-state index contributed by atoms with van der Waals surface area (Å²) in [5.74, 6) is 6.29. The minimum Gasteiger partial charge on any atom is -0.341 e. The van der Waals surface area contributed by atoms with E-state index in [0.29, 0.717) is 13.1 Å². The maximum absolute atomic E-state index is 12.4. The highest BCUT2D eigenvalue weighted by Crippen LogP contribution is 2.19. The predicted molar refractivity (Wildman–Crippen MR) is 90.0 cm³/mol. The Morgan fingerprint density at radius 1 is 1.48 bits per heavy atom.